The molecule has 1 unspecified atom stereocenters. The van der Waals surface area contributed by atoms with Crippen LogP contribution in [0, 0.1) is 6.92 Å². The van der Waals surface area contributed by atoms with Crippen LogP contribution in [0.1, 0.15) is 24.5 Å². The molecule has 0 bridgehead atoms. The number of aromatic nitrogens is 2. The molecule has 8 nitrogen and oxygen atoms in total. The van der Waals surface area contributed by atoms with Gasteiger partial charge in [0.2, 0.25) is 0 Å². The number of ether oxygens (including phenoxy) is 2. The number of rotatable bonds is 9. The Labute approximate surface area is 208 Å². The molecular weight excluding hydrogens is 458 g/mol. The first-order chi connectivity index (χ1) is 17.4. The van der Waals surface area contributed by atoms with Crippen LogP contribution in [-0.4, -0.2) is 27.5 Å². The lowest BCUT2D eigenvalue weighted by molar-refractivity contribution is -0.153. The molecule has 8 heteroatoms. The molecule has 36 heavy (non-hydrogen) atoms. The smallest absolute Gasteiger partial charge is 0.308 e. The predicted octanol–water partition coefficient (Wildman–Crippen LogP) is 4.24. The van der Waals surface area contributed by atoms with Crippen LogP contribution in [0.3, 0.4) is 0 Å². The fourth-order valence-electron chi connectivity index (χ4n) is 3.64. The first-order valence-corrected chi connectivity index (χ1v) is 11.6. The van der Waals surface area contributed by atoms with Gasteiger partial charge >= 0.3 is 5.97 Å². The second kappa shape index (κ2) is 11.3. The molecule has 184 valence electrons. The van der Waals surface area contributed by atoms with Gasteiger partial charge in [0.15, 0.2) is 6.10 Å². The molecule has 0 aliphatic carbocycles. The normalized spacial score (nSPS) is 11.6. The Balaban J connectivity index is 1.25. The van der Waals surface area contributed by atoms with Gasteiger partial charge in [-0.05, 0) is 55.3 Å². The van der Waals surface area contributed by atoms with E-state index >= 15 is 0 Å². The summed E-state index contributed by atoms with van der Waals surface area (Å²) < 4.78 is 12.4. The van der Waals surface area contributed by atoms with Gasteiger partial charge in [0, 0.05) is 12.2 Å². The average Bonchev–Trinajstić information content (AvgIpc) is 2.89. The van der Waals surface area contributed by atoms with Gasteiger partial charge in [-0.15, -0.1) is 0 Å². The van der Waals surface area contributed by atoms with Gasteiger partial charge in [0.1, 0.15) is 12.4 Å². The number of para-hydroxylation sites is 1. The number of carbonyl (C=O) groups is 2. The van der Waals surface area contributed by atoms with Crippen LogP contribution in [0.15, 0.2) is 83.9 Å². The Morgan fingerprint density at radius 1 is 1.00 bits per heavy atom. The Morgan fingerprint density at radius 3 is 2.50 bits per heavy atom. The van der Waals surface area contributed by atoms with Gasteiger partial charge in [0.25, 0.3) is 11.5 Å². The quantitative estimate of drug-likeness (QED) is 0.356. The summed E-state index contributed by atoms with van der Waals surface area (Å²) in [7, 11) is 0. The molecule has 0 spiro atoms. The largest absolute Gasteiger partial charge is 0.489 e. The Kier molecular flexibility index (Phi) is 7.75. The van der Waals surface area contributed by atoms with Crippen LogP contribution in [0.5, 0.6) is 5.75 Å². The molecule has 1 heterocycles. The molecule has 0 saturated carbocycles. The number of benzene rings is 3. The zero-order valence-electron chi connectivity index (χ0n) is 20.1. The SMILES string of the molecule is Cc1cccc2c(=O)n(CCC(=O)OC(C)C(=O)Nc3ccc(OCc4ccccc4)cc3)cnc12. The van der Waals surface area contributed by atoms with Crippen molar-refractivity contribution in [1.29, 1.82) is 0 Å². The summed E-state index contributed by atoms with van der Waals surface area (Å²) in [5.74, 6) is -0.371. The van der Waals surface area contributed by atoms with Crippen molar-refractivity contribution >= 4 is 28.5 Å². The highest BCUT2D eigenvalue weighted by molar-refractivity contribution is 5.95. The third-order valence-electron chi connectivity index (χ3n) is 5.66. The lowest BCUT2D eigenvalue weighted by atomic mass is 10.1. The lowest BCUT2D eigenvalue weighted by Gasteiger charge is -2.14. The Bertz CT molecular complexity index is 1420. The van der Waals surface area contributed by atoms with E-state index in [1.54, 1.807) is 36.4 Å². The molecular formula is C28H27N3O5. The van der Waals surface area contributed by atoms with E-state index in [0.29, 0.717) is 28.9 Å². The van der Waals surface area contributed by atoms with E-state index in [2.05, 4.69) is 10.3 Å². The molecule has 0 fully saturated rings. The number of carbonyl (C=O) groups excluding carboxylic acids is 2. The van der Waals surface area contributed by atoms with Crippen LogP contribution in [0.4, 0.5) is 5.69 Å². The number of amides is 1. The minimum Gasteiger partial charge on any atom is -0.489 e. The summed E-state index contributed by atoms with van der Waals surface area (Å²) in [5, 5.41) is 3.21. The fourth-order valence-corrected chi connectivity index (χ4v) is 3.64. The van der Waals surface area contributed by atoms with E-state index < -0.39 is 18.0 Å². The zero-order chi connectivity index (χ0) is 25.5. The van der Waals surface area contributed by atoms with Crippen molar-refractivity contribution in [3.05, 3.63) is 101 Å². The summed E-state index contributed by atoms with van der Waals surface area (Å²) in [4.78, 5) is 41.7. The van der Waals surface area contributed by atoms with Crippen LogP contribution in [0.2, 0.25) is 0 Å². The molecule has 0 radical (unpaired) electrons. The van der Waals surface area contributed by atoms with E-state index in [9.17, 15) is 14.4 Å². The van der Waals surface area contributed by atoms with Crippen molar-refractivity contribution in [3.63, 3.8) is 0 Å². The molecule has 1 atom stereocenters. The van der Waals surface area contributed by atoms with Crippen LogP contribution < -0.4 is 15.6 Å². The average molecular weight is 486 g/mol. The van der Waals surface area contributed by atoms with E-state index in [4.69, 9.17) is 9.47 Å². The van der Waals surface area contributed by atoms with Crippen molar-refractivity contribution in [2.45, 2.75) is 39.5 Å². The monoisotopic (exact) mass is 485 g/mol. The van der Waals surface area contributed by atoms with E-state index in [0.717, 1.165) is 11.1 Å². The minimum absolute atomic E-state index is 0.0655. The maximum absolute atomic E-state index is 12.7. The van der Waals surface area contributed by atoms with Gasteiger partial charge < -0.3 is 14.8 Å². The molecule has 0 aliphatic rings. The molecule has 1 aromatic heterocycles. The van der Waals surface area contributed by atoms with Gasteiger partial charge in [-0.2, -0.15) is 0 Å². The summed E-state index contributed by atoms with van der Waals surface area (Å²) in [5.41, 5.74) is 2.94. The first kappa shape index (κ1) is 24.7. The standard InChI is InChI=1S/C28H27N3O5/c1-19-7-6-10-24-26(19)29-18-31(28(24)34)16-15-25(32)36-20(2)27(33)30-22-11-13-23(14-12-22)35-17-21-8-4-3-5-9-21/h3-14,18,20H,15-17H2,1-2H3,(H,30,33). The van der Waals surface area contributed by atoms with Crippen molar-refractivity contribution in [3.8, 4) is 5.75 Å². The van der Waals surface area contributed by atoms with Crippen LogP contribution >= 0.6 is 0 Å². The third-order valence-corrected chi connectivity index (χ3v) is 5.66. The number of fused-ring (bicyclic) bond motifs is 1. The van der Waals surface area contributed by atoms with Crippen molar-refractivity contribution < 1.29 is 19.1 Å². The fraction of sp³-hybridized carbons (Fsp3) is 0.214. The molecule has 0 saturated heterocycles. The van der Waals surface area contributed by atoms with Crippen molar-refractivity contribution in [2.24, 2.45) is 0 Å². The molecule has 3 aromatic carbocycles. The highest BCUT2D eigenvalue weighted by atomic mass is 16.5. The lowest BCUT2D eigenvalue weighted by Crippen LogP contribution is -2.30. The minimum atomic E-state index is -0.999. The van der Waals surface area contributed by atoms with E-state index in [1.165, 1.54) is 17.8 Å². The number of hydrogen-bond donors (Lipinski definition) is 1. The first-order valence-electron chi connectivity index (χ1n) is 11.6. The van der Waals surface area contributed by atoms with E-state index in [1.807, 2.05) is 43.3 Å². The maximum atomic E-state index is 12.7. The van der Waals surface area contributed by atoms with E-state index in [-0.39, 0.29) is 18.5 Å². The van der Waals surface area contributed by atoms with Gasteiger partial charge in [-0.25, -0.2) is 4.98 Å². The molecule has 4 rings (SSSR count). The molecule has 1 amide bonds. The molecule has 0 aliphatic heterocycles. The summed E-state index contributed by atoms with van der Waals surface area (Å²) in [6.45, 7) is 3.93. The van der Waals surface area contributed by atoms with Crippen LogP contribution in [-0.2, 0) is 27.5 Å². The summed E-state index contributed by atoms with van der Waals surface area (Å²) in [6, 6.07) is 22.1. The number of nitrogens with zero attached hydrogens (tertiary/aromatic N) is 2. The second-order valence-electron chi connectivity index (χ2n) is 8.38. The maximum Gasteiger partial charge on any atom is 0.308 e. The number of anilines is 1. The molecule has 4 aromatic rings. The highest BCUT2D eigenvalue weighted by Gasteiger charge is 2.18. The summed E-state index contributed by atoms with van der Waals surface area (Å²) >= 11 is 0. The van der Waals surface area contributed by atoms with Gasteiger partial charge in [-0.1, -0.05) is 42.5 Å². The van der Waals surface area contributed by atoms with Crippen LogP contribution in [0.25, 0.3) is 10.9 Å². The summed E-state index contributed by atoms with van der Waals surface area (Å²) in [6.07, 6.45) is 0.360. The highest BCUT2D eigenvalue weighted by Crippen LogP contribution is 2.18. The predicted molar refractivity (Wildman–Crippen MR) is 137 cm³/mol. The number of nitrogens with one attached hydrogen (secondary N) is 1. The Hall–Kier alpha value is -4.46. The number of hydrogen-bond acceptors (Lipinski definition) is 6. The second-order valence-corrected chi connectivity index (χ2v) is 8.38. The molecule has 1 N–H and O–H groups in total. The van der Waals surface area contributed by atoms with Gasteiger partial charge in [-0.3, -0.25) is 19.0 Å². The van der Waals surface area contributed by atoms with Crippen molar-refractivity contribution in [2.75, 3.05) is 5.32 Å². The van der Waals surface area contributed by atoms with Gasteiger partial charge in [0.05, 0.1) is 23.7 Å². The number of esters is 1. The topological polar surface area (TPSA) is 99.5 Å². The van der Waals surface area contributed by atoms with Crippen molar-refractivity contribution in [1.82, 2.24) is 9.55 Å². The number of aryl methyl sites for hydroxylation is 2. The zero-order valence-corrected chi connectivity index (χ0v) is 20.1. The third kappa shape index (κ3) is 6.15. The Morgan fingerprint density at radius 2 is 1.75 bits per heavy atom.